The molecule has 1 N–H and O–H groups in total. The van der Waals surface area contributed by atoms with Gasteiger partial charge in [0.15, 0.2) is 0 Å². The zero-order valence-electron chi connectivity index (χ0n) is 13.8. The molecule has 0 spiro atoms. The van der Waals surface area contributed by atoms with Crippen LogP contribution in [0.3, 0.4) is 0 Å². The molecule has 1 fully saturated rings. The number of rotatable bonds is 6. The van der Waals surface area contributed by atoms with Crippen molar-refractivity contribution >= 4 is 22.9 Å². The van der Waals surface area contributed by atoms with Gasteiger partial charge in [0.1, 0.15) is 0 Å². The Hall–Kier alpha value is -0.0900. The molecule has 1 aromatic rings. The highest BCUT2D eigenvalue weighted by Crippen LogP contribution is 2.39. The minimum atomic E-state index is 0.268. The van der Waals surface area contributed by atoms with Crippen LogP contribution in [-0.4, -0.2) is 37.1 Å². The van der Waals surface area contributed by atoms with Crippen LogP contribution in [0.25, 0.3) is 0 Å². The summed E-state index contributed by atoms with van der Waals surface area (Å²) in [6.45, 7) is 5.64. The predicted molar refractivity (Wildman–Crippen MR) is 94.5 cm³/mol. The number of hydrogen-bond donors (Lipinski definition) is 1. The summed E-state index contributed by atoms with van der Waals surface area (Å²) in [6, 6.07) is 4.71. The first kappa shape index (κ1) is 17.3. The van der Waals surface area contributed by atoms with E-state index in [2.05, 4.69) is 44.2 Å². The average Bonchev–Trinajstić information content (AvgIpc) is 2.83. The molecule has 0 bridgehead atoms. The maximum Gasteiger partial charge on any atom is 0.0931 e. The fourth-order valence-corrected chi connectivity index (χ4v) is 5.09. The largest absolute Gasteiger partial charge is 0.312 e. The second kappa shape index (κ2) is 7.45. The summed E-state index contributed by atoms with van der Waals surface area (Å²) < 4.78 is 0.899. The first-order valence-corrected chi connectivity index (χ1v) is 9.32. The van der Waals surface area contributed by atoms with Crippen LogP contribution in [0.1, 0.15) is 44.4 Å². The van der Waals surface area contributed by atoms with Gasteiger partial charge in [0, 0.05) is 16.5 Å². The van der Waals surface area contributed by atoms with Crippen molar-refractivity contribution in [1.29, 1.82) is 0 Å². The number of halogens is 1. The number of hydrogen-bond acceptors (Lipinski definition) is 3. The van der Waals surface area contributed by atoms with E-state index in [0.29, 0.717) is 6.04 Å². The lowest BCUT2D eigenvalue weighted by Crippen LogP contribution is -2.61. The Bertz CT molecular complexity index is 446. The van der Waals surface area contributed by atoms with Gasteiger partial charge in [0.05, 0.1) is 4.34 Å². The van der Waals surface area contributed by atoms with Crippen LogP contribution in [0.2, 0.25) is 4.34 Å². The van der Waals surface area contributed by atoms with Crippen molar-refractivity contribution in [3.63, 3.8) is 0 Å². The smallest absolute Gasteiger partial charge is 0.0931 e. The van der Waals surface area contributed by atoms with E-state index in [0.717, 1.165) is 23.2 Å². The van der Waals surface area contributed by atoms with Crippen molar-refractivity contribution in [2.75, 3.05) is 20.6 Å². The first-order chi connectivity index (χ1) is 9.98. The lowest BCUT2D eigenvalue weighted by molar-refractivity contribution is 0.0381. The number of nitrogens with one attached hydrogen (secondary N) is 1. The lowest BCUT2D eigenvalue weighted by atomic mass is 9.70. The Morgan fingerprint density at radius 3 is 2.76 bits per heavy atom. The van der Waals surface area contributed by atoms with E-state index < -0.39 is 0 Å². The SMILES string of the molecule is CCNC(Cc1ccc(Cl)s1)C1(N(C)C)CCCC(C)C1. The van der Waals surface area contributed by atoms with Gasteiger partial charge >= 0.3 is 0 Å². The third-order valence-electron chi connectivity index (χ3n) is 5.03. The van der Waals surface area contributed by atoms with E-state index in [9.17, 15) is 0 Å². The summed E-state index contributed by atoms with van der Waals surface area (Å²) in [6.07, 6.45) is 6.37. The highest BCUT2D eigenvalue weighted by atomic mass is 35.5. The van der Waals surface area contributed by atoms with Crippen LogP contribution >= 0.6 is 22.9 Å². The maximum absolute atomic E-state index is 6.11. The fourth-order valence-electron chi connectivity index (χ4n) is 3.96. The van der Waals surface area contributed by atoms with Crippen molar-refractivity contribution in [1.82, 2.24) is 10.2 Å². The molecule has 3 atom stereocenters. The molecule has 0 aliphatic heterocycles. The summed E-state index contributed by atoms with van der Waals surface area (Å²) in [4.78, 5) is 3.87. The molecule has 1 aliphatic carbocycles. The highest BCUT2D eigenvalue weighted by Gasteiger charge is 2.43. The van der Waals surface area contributed by atoms with E-state index in [1.807, 2.05) is 6.07 Å². The molecule has 3 unspecified atom stereocenters. The van der Waals surface area contributed by atoms with Gasteiger partial charge < -0.3 is 10.2 Å². The van der Waals surface area contributed by atoms with E-state index in [-0.39, 0.29) is 5.54 Å². The molecule has 0 radical (unpaired) electrons. The third kappa shape index (κ3) is 4.01. The first-order valence-electron chi connectivity index (χ1n) is 8.13. The van der Waals surface area contributed by atoms with Gasteiger partial charge in [-0.15, -0.1) is 11.3 Å². The van der Waals surface area contributed by atoms with Crippen LogP contribution in [0.5, 0.6) is 0 Å². The lowest BCUT2D eigenvalue weighted by Gasteiger charge is -2.50. The van der Waals surface area contributed by atoms with E-state index in [1.165, 1.54) is 30.6 Å². The molecule has 2 rings (SSSR count). The van der Waals surface area contributed by atoms with Gasteiger partial charge in [-0.05, 0) is 58.0 Å². The second-order valence-electron chi connectivity index (χ2n) is 6.72. The van der Waals surface area contributed by atoms with Gasteiger partial charge in [-0.1, -0.05) is 38.3 Å². The van der Waals surface area contributed by atoms with Gasteiger partial charge in [-0.25, -0.2) is 0 Å². The molecule has 0 aromatic carbocycles. The van der Waals surface area contributed by atoms with Crippen molar-refractivity contribution in [3.8, 4) is 0 Å². The molecule has 1 aliphatic rings. The number of thiophene rings is 1. The predicted octanol–water partition coefficient (Wildman–Crippen LogP) is 4.43. The van der Waals surface area contributed by atoms with Gasteiger partial charge in [-0.3, -0.25) is 0 Å². The maximum atomic E-state index is 6.11. The number of nitrogens with zero attached hydrogens (tertiary/aromatic N) is 1. The zero-order valence-corrected chi connectivity index (χ0v) is 15.4. The van der Waals surface area contributed by atoms with Crippen LogP contribution in [-0.2, 0) is 6.42 Å². The summed E-state index contributed by atoms with van der Waals surface area (Å²) in [5.41, 5.74) is 0.268. The fraction of sp³-hybridized carbons (Fsp3) is 0.765. The quantitative estimate of drug-likeness (QED) is 0.831. The highest BCUT2D eigenvalue weighted by molar-refractivity contribution is 7.16. The molecule has 2 nitrogen and oxygen atoms in total. The van der Waals surface area contributed by atoms with Crippen molar-refractivity contribution in [2.45, 2.75) is 57.5 Å². The Balaban J connectivity index is 2.23. The van der Waals surface area contributed by atoms with Crippen LogP contribution in [0, 0.1) is 5.92 Å². The molecule has 120 valence electrons. The minimum absolute atomic E-state index is 0.268. The average molecular weight is 329 g/mol. The molecule has 0 amide bonds. The molecule has 4 heteroatoms. The van der Waals surface area contributed by atoms with Crippen molar-refractivity contribution in [2.24, 2.45) is 5.92 Å². The Morgan fingerprint density at radius 1 is 1.48 bits per heavy atom. The topological polar surface area (TPSA) is 15.3 Å². The minimum Gasteiger partial charge on any atom is -0.312 e. The molecule has 1 heterocycles. The zero-order chi connectivity index (χ0) is 15.5. The molecular formula is C17H29ClN2S. The summed E-state index contributed by atoms with van der Waals surface area (Å²) in [7, 11) is 4.51. The molecular weight excluding hydrogens is 300 g/mol. The summed E-state index contributed by atoms with van der Waals surface area (Å²) >= 11 is 7.84. The standard InChI is InChI=1S/C17H29ClN2S/c1-5-19-15(11-14-8-9-16(18)21-14)17(20(3)4)10-6-7-13(2)12-17/h8-9,13,15,19H,5-7,10-12H2,1-4H3. The Kier molecular flexibility index (Phi) is 6.13. The molecule has 1 aromatic heterocycles. The molecule has 0 saturated heterocycles. The van der Waals surface area contributed by atoms with Crippen LogP contribution in [0.4, 0.5) is 0 Å². The van der Waals surface area contributed by atoms with E-state index in [4.69, 9.17) is 11.6 Å². The summed E-state index contributed by atoms with van der Waals surface area (Å²) in [5.74, 6) is 0.814. The molecule has 21 heavy (non-hydrogen) atoms. The Labute approximate surface area is 138 Å². The monoisotopic (exact) mass is 328 g/mol. The normalized spacial score (nSPS) is 28.0. The van der Waals surface area contributed by atoms with Crippen LogP contribution in [0.15, 0.2) is 12.1 Å². The van der Waals surface area contributed by atoms with Crippen molar-refractivity contribution < 1.29 is 0 Å². The Morgan fingerprint density at radius 2 is 2.24 bits per heavy atom. The summed E-state index contributed by atoms with van der Waals surface area (Å²) in [5, 5.41) is 3.77. The van der Waals surface area contributed by atoms with Gasteiger partial charge in [0.2, 0.25) is 0 Å². The second-order valence-corrected chi connectivity index (χ2v) is 8.52. The van der Waals surface area contributed by atoms with Gasteiger partial charge in [-0.2, -0.15) is 0 Å². The van der Waals surface area contributed by atoms with Crippen molar-refractivity contribution in [3.05, 3.63) is 21.3 Å². The number of likely N-dealkylation sites (N-methyl/N-ethyl adjacent to an activating group) is 2. The molecule has 1 saturated carbocycles. The van der Waals surface area contributed by atoms with Gasteiger partial charge in [0.25, 0.3) is 0 Å². The third-order valence-corrected chi connectivity index (χ3v) is 6.29. The van der Waals surface area contributed by atoms with E-state index in [1.54, 1.807) is 11.3 Å². The van der Waals surface area contributed by atoms with E-state index >= 15 is 0 Å². The van der Waals surface area contributed by atoms with Crippen LogP contribution < -0.4 is 5.32 Å².